The molecule has 0 N–H and O–H groups in total. The second-order valence-corrected chi connectivity index (χ2v) is 6.52. The highest BCUT2D eigenvalue weighted by atomic mass is 35.5. The van der Waals surface area contributed by atoms with E-state index in [1.165, 1.54) is 31.7 Å². The van der Waals surface area contributed by atoms with Crippen molar-refractivity contribution in [3.8, 4) is 0 Å². The maximum absolute atomic E-state index is 13.9. The Hall–Kier alpha value is -0.800. The average molecular weight is 329 g/mol. The normalized spacial score (nSPS) is 17.3. The Bertz CT molecular complexity index is 631. The summed E-state index contributed by atoms with van der Waals surface area (Å²) in [5.41, 5.74) is 1.62. The lowest BCUT2D eigenvalue weighted by Gasteiger charge is -2.20. The molecular weight excluding hydrogens is 310 g/mol. The quantitative estimate of drug-likeness (QED) is 0.537. The molecule has 1 aliphatic rings. The Morgan fingerprint density at radius 1 is 1.19 bits per heavy atom. The van der Waals surface area contributed by atoms with Crippen LogP contribution in [0, 0.1) is 5.82 Å². The van der Waals surface area contributed by atoms with Gasteiger partial charge in [-0.25, -0.2) is 9.37 Å². The number of benzene rings is 1. The zero-order chi connectivity index (χ0) is 14.8. The highest BCUT2D eigenvalue weighted by Gasteiger charge is 2.21. The first-order valence-electron chi connectivity index (χ1n) is 7.62. The number of aromatic nitrogens is 2. The lowest BCUT2D eigenvalue weighted by atomic mass is 10.1. The van der Waals surface area contributed by atoms with Gasteiger partial charge in [0.05, 0.1) is 16.1 Å². The molecule has 0 saturated heterocycles. The smallest absolute Gasteiger partial charge is 0.144 e. The van der Waals surface area contributed by atoms with E-state index in [9.17, 15) is 4.39 Å². The minimum atomic E-state index is -0.378. The van der Waals surface area contributed by atoms with E-state index in [-0.39, 0.29) is 10.8 Å². The van der Waals surface area contributed by atoms with Gasteiger partial charge < -0.3 is 4.57 Å². The summed E-state index contributed by atoms with van der Waals surface area (Å²) in [5.74, 6) is 1.09. The molecule has 1 heterocycles. The molecule has 2 nitrogen and oxygen atoms in total. The first-order valence-corrected chi connectivity index (χ1v) is 8.54. The Morgan fingerprint density at radius 2 is 1.90 bits per heavy atom. The van der Waals surface area contributed by atoms with Crippen molar-refractivity contribution in [3.63, 3.8) is 0 Å². The fourth-order valence-corrected chi connectivity index (χ4v) is 3.65. The Kier molecular flexibility index (Phi) is 4.70. The Balaban J connectivity index is 2.12. The van der Waals surface area contributed by atoms with Crippen molar-refractivity contribution in [1.29, 1.82) is 0 Å². The maximum atomic E-state index is 13.9. The third kappa shape index (κ3) is 3.04. The number of alkyl halides is 1. The monoisotopic (exact) mass is 328 g/mol. The molecule has 1 aromatic heterocycles. The number of nitrogens with zero attached hydrogens (tertiary/aromatic N) is 2. The molecule has 3 rings (SSSR count). The van der Waals surface area contributed by atoms with Crippen molar-refractivity contribution < 1.29 is 4.39 Å². The molecule has 1 fully saturated rings. The summed E-state index contributed by atoms with van der Waals surface area (Å²) >= 11 is 11.8. The van der Waals surface area contributed by atoms with Crippen LogP contribution in [0.5, 0.6) is 0 Å². The minimum Gasteiger partial charge on any atom is -0.325 e. The molecule has 2 aromatic rings. The van der Waals surface area contributed by atoms with E-state index in [0.29, 0.717) is 18.3 Å². The van der Waals surface area contributed by atoms with Crippen molar-refractivity contribution >= 4 is 34.2 Å². The van der Waals surface area contributed by atoms with Crippen LogP contribution < -0.4 is 0 Å². The molecule has 0 amide bonds. The summed E-state index contributed by atoms with van der Waals surface area (Å²) < 4.78 is 16.1. The van der Waals surface area contributed by atoms with Crippen LogP contribution in [0.3, 0.4) is 0 Å². The average Bonchev–Trinajstić information content (AvgIpc) is 2.66. The van der Waals surface area contributed by atoms with E-state index < -0.39 is 0 Å². The summed E-state index contributed by atoms with van der Waals surface area (Å²) in [5, 5.41) is 0.130. The SMILES string of the molecule is Fc1cc2c(cc1Cl)nc(CCCl)n2C1CCCCCC1. The Morgan fingerprint density at radius 3 is 2.57 bits per heavy atom. The van der Waals surface area contributed by atoms with Crippen LogP contribution in [0.4, 0.5) is 4.39 Å². The van der Waals surface area contributed by atoms with E-state index in [4.69, 9.17) is 23.2 Å². The molecule has 1 saturated carbocycles. The number of imidazole rings is 1. The van der Waals surface area contributed by atoms with Gasteiger partial charge in [0.25, 0.3) is 0 Å². The number of halogens is 3. The predicted molar refractivity (Wildman–Crippen MR) is 85.9 cm³/mol. The number of hydrogen-bond donors (Lipinski definition) is 0. The lowest BCUT2D eigenvalue weighted by molar-refractivity contribution is 0.441. The van der Waals surface area contributed by atoms with E-state index in [1.807, 2.05) is 0 Å². The third-order valence-corrected chi connectivity index (χ3v) is 4.79. The van der Waals surface area contributed by atoms with Crippen molar-refractivity contribution in [2.75, 3.05) is 5.88 Å². The van der Waals surface area contributed by atoms with Crippen LogP contribution in [0.15, 0.2) is 12.1 Å². The summed E-state index contributed by atoms with van der Waals surface area (Å²) in [4.78, 5) is 4.64. The minimum absolute atomic E-state index is 0.130. The second kappa shape index (κ2) is 6.53. The van der Waals surface area contributed by atoms with E-state index in [0.717, 1.165) is 29.7 Å². The Labute approximate surface area is 134 Å². The van der Waals surface area contributed by atoms with Crippen LogP contribution in [0.2, 0.25) is 5.02 Å². The molecule has 0 atom stereocenters. The number of aryl methyl sites for hydroxylation is 1. The van der Waals surface area contributed by atoms with Crippen molar-refractivity contribution in [2.45, 2.75) is 51.0 Å². The van der Waals surface area contributed by atoms with Gasteiger partial charge in [-0.2, -0.15) is 0 Å². The molecule has 0 radical (unpaired) electrons. The molecule has 114 valence electrons. The first-order chi connectivity index (χ1) is 10.2. The molecule has 0 unspecified atom stereocenters. The highest BCUT2D eigenvalue weighted by Crippen LogP contribution is 2.33. The summed E-state index contributed by atoms with van der Waals surface area (Å²) in [6.07, 6.45) is 7.98. The molecule has 1 aromatic carbocycles. The fraction of sp³-hybridized carbons (Fsp3) is 0.562. The van der Waals surface area contributed by atoms with Crippen LogP contribution in [-0.4, -0.2) is 15.4 Å². The summed E-state index contributed by atoms with van der Waals surface area (Å²) in [7, 11) is 0. The van der Waals surface area contributed by atoms with Crippen molar-refractivity contribution in [2.24, 2.45) is 0 Å². The molecule has 0 aliphatic heterocycles. The van der Waals surface area contributed by atoms with Gasteiger partial charge in [0, 0.05) is 24.4 Å². The van der Waals surface area contributed by atoms with Crippen LogP contribution in [0.1, 0.15) is 50.4 Å². The first kappa shape index (κ1) is 15.1. The predicted octanol–water partition coefficient (Wildman–Crippen LogP) is 5.51. The van der Waals surface area contributed by atoms with Gasteiger partial charge >= 0.3 is 0 Å². The standard InChI is InChI=1S/C16H19Cl2FN2/c17-8-7-16-20-14-9-12(18)13(19)10-15(14)21(16)11-5-3-1-2-4-6-11/h9-11H,1-8H2. The topological polar surface area (TPSA) is 17.8 Å². The van der Waals surface area contributed by atoms with Gasteiger partial charge in [-0.15, -0.1) is 11.6 Å². The summed E-state index contributed by atoms with van der Waals surface area (Å²) in [6.45, 7) is 0. The van der Waals surface area contributed by atoms with Gasteiger partial charge in [0.2, 0.25) is 0 Å². The van der Waals surface area contributed by atoms with Gasteiger partial charge in [-0.3, -0.25) is 0 Å². The molecule has 5 heteroatoms. The van der Waals surface area contributed by atoms with E-state index in [2.05, 4.69) is 9.55 Å². The van der Waals surface area contributed by atoms with Crippen molar-refractivity contribution in [3.05, 3.63) is 28.8 Å². The number of hydrogen-bond acceptors (Lipinski definition) is 1. The molecular formula is C16H19Cl2FN2. The largest absolute Gasteiger partial charge is 0.325 e. The van der Waals surface area contributed by atoms with E-state index in [1.54, 1.807) is 6.07 Å². The van der Waals surface area contributed by atoms with Crippen LogP contribution in [-0.2, 0) is 6.42 Å². The molecule has 0 bridgehead atoms. The highest BCUT2D eigenvalue weighted by molar-refractivity contribution is 6.31. The lowest BCUT2D eigenvalue weighted by Crippen LogP contribution is -2.12. The molecule has 1 aliphatic carbocycles. The van der Waals surface area contributed by atoms with Crippen molar-refractivity contribution in [1.82, 2.24) is 9.55 Å². The zero-order valence-corrected chi connectivity index (χ0v) is 13.4. The number of fused-ring (bicyclic) bond motifs is 1. The molecule has 21 heavy (non-hydrogen) atoms. The van der Waals surface area contributed by atoms with Gasteiger partial charge in [0.1, 0.15) is 11.6 Å². The zero-order valence-electron chi connectivity index (χ0n) is 11.9. The van der Waals surface area contributed by atoms with Gasteiger partial charge in [-0.05, 0) is 18.9 Å². The van der Waals surface area contributed by atoms with Gasteiger partial charge in [-0.1, -0.05) is 37.3 Å². The maximum Gasteiger partial charge on any atom is 0.144 e. The fourth-order valence-electron chi connectivity index (χ4n) is 3.32. The third-order valence-electron chi connectivity index (χ3n) is 4.31. The van der Waals surface area contributed by atoms with Gasteiger partial charge in [0.15, 0.2) is 0 Å². The molecule has 0 spiro atoms. The summed E-state index contributed by atoms with van der Waals surface area (Å²) in [6, 6.07) is 3.54. The second-order valence-electron chi connectivity index (χ2n) is 5.74. The van der Waals surface area contributed by atoms with Crippen LogP contribution >= 0.6 is 23.2 Å². The number of rotatable bonds is 3. The van der Waals surface area contributed by atoms with Crippen LogP contribution in [0.25, 0.3) is 11.0 Å². The van der Waals surface area contributed by atoms with E-state index >= 15 is 0 Å².